The maximum Gasteiger partial charge on any atom is 0.408 e. The molecular formula is C22H21F3N2O3. The number of hydrogen-bond acceptors (Lipinski definition) is 3. The zero-order valence-corrected chi connectivity index (χ0v) is 16.4. The average Bonchev–Trinajstić information content (AvgIpc) is 2.66. The summed E-state index contributed by atoms with van der Waals surface area (Å²) in [5, 5.41) is 4.83. The fourth-order valence-electron chi connectivity index (χ4n) is 4.13. The summed E-state index contributed by atoms with van der Waals surface area (Å²) in [6.07, 6.45) is -4.88. The minimum atomic E-state index is -4.54. The van der Waals surface area contributed by atoms with Gasteiger partial charge in [0.1, 0.15) is 23.5 Å². The van der Waals surface area contributed by atoms with Crippen molar-refractivity contribution in [2.45, 2.75) is 38.5 Å². The molecule has 0 aliphatic carbocycles. The van der Waals surface area contributed by atoms with Gasteiger partial charge < -0.3 is 15.4 Å². The minimum absolute atomic E-state index is 0.340. The van der Waals surface area contributed by atoms with E-state index in [1.165, 1.54) is 6.92 Å². The van der Waals surface area contributed by atoms with E-state index in [-0.39, 0.29) is 6.42 Å². The van der Waals surface area contributed by atoms with Gasteiger partial charge in [-0.3, -0.25) is 9.59 Å². The number of piperidine rings is 1. The lowest BCUT2D eigenvalue weighted by molar-refractivity contribution is -0.175. The maximum absolute atomic E-state index is 13.0. The molecule has 4 atom stereocenters. The Kier molecular flexibility index (Phi) is 4.95. The van der Waals surface area contributed by atoms with Gasteiger partial charge in [0, 0.05) is 11.1 Å². The normalized spacial score (nSPS) is 25.4. The Hall–Kier alpha value is -3.03. The molecule has 158 valence electrons. The summed E-state index contributed by atoms with van der Waals surface area (Å²) in [7, 11) is 0. The van der Waals surface area contributed by atoms with Crippen molar-refractivity contribution in [3.63, 3.8) is 0 Å². The number of ether oxygens (including phenoxy) is 1. The third kappa shape index (κ3) is 3.62. The number of benzene rings is 2. The Balaban J connectivity index is 1.62. The fraction of sp³-hybridized carbons (Fsp3) is 0.364. The van der Waals surface area contributed by atoms with Gasteiger partial charge >= 0.3 is 6.18 Å². The Morgan fingerprint density at radius 3 is 2.53 bits per heavy atom. The molecule has 4 rings (SSSR count). The molecule has 2 aromatic carbocycles. The zero-order chi connectivity index (χ0) is 21.6. The Morgan fingerprint density at radius 1 is 1.13 bits per heavy atom. The molecule has 0 aromatic heterocycles. The first-order chi connectivity index (χ1) is 14.1. The molecule has 4 unspecified atom stereocenters. The number of carbonyl (C=O) groups is 2. The van der Waals surface area contributed by atoms with Crippen LogP contribution in [-0.4, -0.2) is 24.0 Å². The van der Waals surface area contributed by atoms with Gasteiger partial charge in [0.15, 0.2) is 0 Å². The maximum atomic E-state index is 13.0. The number of aryl methyl sites for hydroxylation is 1. The van der Waals surface area contributed by atoms with Crippen molar-refractivity contribution in [3.8, 4) is 11.5 Å². The lowest BCUT2D eigenvalue weighted by atomic mass is 9.82. The topological polar surface area (TPSA) is 67.4 Å². The van der Waals surface area contributed by atoms with Crippen LogP contribution < -0.4 is 15.4 Å². The number of hydrogen-bond donors (Lipinski definition) is 2. The average molecular weight is 418 g/mol. The highest BCUT2D eigenvalue weighted by Gasteiger charge is 2.49. The van der Waals surface area contributed by atoms with Crippen LogP contribution in [-0.2, 0) is 9.59 Å². The first kappa shape index (κ1) is 20.3. The van der Waals surface area contributed by atoms with Crippen molar-refractivity contribution in [2.75, 3.05) is 0 Å². The standard InChI is InChI=1S/C22H21F3N2O3/c1-11-7-8-14-16(9-11)30-15-6-4-3-5-13(15)19(14)27-21(29)18-12(2)10-17(22(23,24)25)26-20(18)28/h3-9,12,17-19H,10H2,1-2H3,(H,26,28)(H,27,29). The van der Waals surface area contributed by atoms with E-state index in [1.54, 1.807) is 6.07 Å². The quantitative estimate of drug-likeness (QED) is 0.725. The number of amides is 2. The number of alkyl halides is 3. The third-order valence-electron chi connectivity index (χ3n) is 5.67. The number of halogens is 3. The predicted octanol–water partition coefficient (Wildman–Crippen LogP) is 4.01. The van der Waals surface area contributed by atoms with Crippen LogP contribution in [0.25, 0.3) is 0 Å². The highest BCUT2D eigenvalue weighted by Crippen LogP contribution is 2.43. The van der Waals surface area contributed by atoms with E-state index in [4.69, 9.17) is 4.74 Å². The van der Waals surface area contributed by atoms with E-state index in [0.29, 0.717) is 11.5 Å². The van der Waals surface area contributed by atoms with Gasteiger partial charge in [-0.15, -0.1) is 0 Å². The highest BCUT2D eigenvalue weighted by atomic mass is 19.4. The Morgan fingerprint density at radius 2 is 1.83 bits per heavy atom. The molecule has 0 bridgehead atoms. The second-order valence-electron chi connectivity index (χ2n) is 7.92. The van der Waals surface area contributed by atoms with E-state index in [0.717, 1.165) is 16.7 Å². The minimum Gasteiger partial charge on any atom is -0.457 e. The van der Waals surface area contributed by atoms with Crippen LogP contribution in [0, 0.1) is 18.8 Å². The summed E-state index contributed by atoms with van der Waals surface area (Å²) in [6.45, 7) is 3.42. The van der Waals surface area contributed by atoms with Crippen LogP contribution >= 0.6 is 0 Å². The first-order valence-electron chi connectivity index (χ1n) is 9.70. The van der Waals surface area contributed by atoms with Gasteiger partial charge in [0.05, 0.1) is 6.04 Å². The molecule has 0 saturated carbocycles. The molecule has 5 nitrogen and oxygen atoms in total. The molecule has 2 aliphatic heterocycles. The summed E-state index contributed by atoms with van der Waals surface area (Å²) in [4.78, 5) is 25.4. The van der Waals surface area contributed by atoms with Gasteiger partial charge in [-0.1, -0.05) is 37.3 Å². The van der Waals surface area contributed by atoms with Gasteiger partial charge in [-0.2, -0.15) is 13.2 Å². The first-order valence-corrected chi connectivity index (χ1v) is 9.70. The van der Waals surface area contributed by atoms with E-state index < -0.39 is 41.9 Å². The van der Waals surface area contributed by atoms with Crippen molar-refractivity contribution >= 4 is 11.8 Å². The molecule has 2 heterocycles. The number of carbonyl (C=O) groups excluding carboxylic acids is 2. The van der Waals surface area contributed by atoms with Gasteiger partial charge in [-0.25, -0.2) is 0 Å². The van der Waals surface area contributed by atoms with Crippen LogP contribution in [0.5, 0.6) is 11.5 Å². The molecule has 0 spiro atoms. The lowest BCUT2D eigenvalue weighted by Crippen LogP contribution is -2.57. The molecule has 30 heavy (non-hydrogen) atoms. The lowest BCUT2D eigenvalue weighted by Gasteiger charge is -2.36. The van der Waals surface area contributed by atoms with Crippen molar-refractivity contribution in [3.05, 3.63) is 59.2 Å². The van der Waals surface area contributed by atoms with Gasteiger partial charge in [-0.05, 0) is 37.0 Å². The van der Waals surface area contributed by atoms with E-state index >= 15 is 0 Å². The zero-order valence-electron chi connectivity index (χ0n) is 16.4. The summed E-state index contributed by atoms with van der Waals surface area (Å²) < 4.78 is 45.0. The van der Waals surface area contributed by atoms with E-state index in [9.17, 15) is 22.8 Å². The summed E-state index contributed by atoms with van der Waals surface area (Å²) >= 11 is 0. The van der Waals surface area contributed by atoms with Crippen LogP contribution in [0.15, 0.2) is 42.5 Å². The van der Waals surface area contributed by atoms with Crippen molar-refractivity contribution < 1.29 is 27.5 Å². The third-order valence-corrected chi connectivity index (χ3v) is 5.67. The molecule has 2 aliphatic rings. The van der Waals surface area contributed by atoms with Gasteiger partial charge in [0.2, 0.25) is 11.8 Å². The highest BCUT2D eigenvalue weighted by molar-refractivity contribution is 6.01. The number of rotatable bonds is 2. The molecule has 2 N–H and O–H groups in total. The largest absolute Gasteiger partial charge is 0.457 e. The molecule has 1 fully saturated rings. The Labute approximate surface area is 171 Å². The molecular weight excluding hydrogens is 397 g/mol. The summed E-state index contributed by atoms with van der Waals surface area (Å²) in [6, 6.07) is 10.3. The van der Waals surface area contributed by atoms with E-state index in [2.05, 4.69) is 5.32 Å². The summed E-state index contributed by atoms with van der Waals surface area (Å²) in [5.41, 5.74) is 2.43. The van der Waals surface area contributed by atoms with Crippen molar-refractivity contribution in [1.29, 1.82) is 0 Å². The molecule has 2 aromatic rings. The molecule has 2 amide bonds. The number of nitrogens with one attached hydrogen (secondary N) is 2. The number of para-hydroxylation sites is 1. The van der Waals surface area contributed by atoms with Crippen LogP contribution in [0.1, 0.15) is 36.1 Å². The van der Waals surface area contributed by atoms with Crippen LogP contribution in [0.3, 0.4) is 0 Å². The van der Waals surface area contributed by atoms with Crippen molar-refractivity contribution in [2.24, 2.45) is 11.8 Å². The van der Waals surface area contributed by atoms with Crippen molar-refractivity contribution in [1.82, 2.24) is 10.6 Å². The fourth-order valence-corrected chi connectivity index (χ4v) is 4.13. The molecule has 8 heteroatoms. The monoisotopic (exact) mass is 418 g/mol. The second-order valence-corrected chi connectivity index (χ2v) is 7.92. The predicted molar refractivity (Wildman–Crippen MR) is 103 cm³/mol. The SMILES string of the molecule is Cc1ccc2c(c1)Oc1ccccc1C2NC(=O)C1C(=O)NC(C(F)(F)F)CC1C. The summed E-state index contributed by atoms with van der Waals surface area (Å²) in [5.74, 6) is -2.28. The van der Waals surface area contributed by atoms with E-state index in [1.807, 2.05) is 48.6 Å². The second kappa shape index (κ2) is 7.34. The number of fused-ring (bicyclic) bond motifs is 2. The Bertz CT molecular complexity index is 1010. The van der Waals surface area contributed by atoms with Crippen LogP contribution in [0.4, 0.5) is 13.2 Å². The molecule has 0 radical (unpaired) electrons. The molecule has 1 saturated heterocycles. The smallest absolute Gasteiger partial charge is 0.408 e. The van der Waals surface area contributed by atoms with Gasteiger partial charge in [0.25, 0.3) is 0 Å². The van der Waals surface area contributed by atoms with Crippen LogP contribution in [0.2, 0.25) is 0 Å².